The highest BCUT2D eigenvalue weighted by molar-refractivity contribution is 7.12. The van der Waals surface area contributed by atoms with Gasteiger partial charge in [-0.2, -0.15) is 8.78 Å². The van der Waals surface area contributed by atoms with E-state index >= 15 is 0 Å². The lowest BCUT2D eigenvalue weighted by atomic mass is 10.0. The molecule has 3 aromatic rings. The zero-order valence-electron chi connectivity index (χ0n) is 15.6. The van der Waals surface area contributed by atoms with Crippen LogP contribution in [0.15, 0.2) is 60.0 Å². The maximum absolute atomic E-state index is 12.6. The normalized spacial score (nSPS) is 10.6. The Hall–Kier alpha value is -3.30. The van der Waals surface area contributed by atoms with Gasteiger partial charge in [-0.15, -0.1) is 11.3 Å². The second-order valence-electron chi connectivity index (χ2n) is 6.00. The Balaban J connectivity index is 1.62. The molecule has 1 N–H and O–H groups in total. The van der Waals surface area contributed by atoms with Crippen molar-refractivity contribution in [2.45, 2.75) is 6.61 Å². The van der Waals surface area contributed by atoms with E-state index in [1.807, 2.05) is 0 Å². The van der Waals surface area contributed by atoms with Gasteiger partial charge in [0.15, 0.2) is 6.61 Å². The number of esters is 1. The van der Waals surface area contributed by atoms with Crippen molar-refractivity contribution in [2.75, 3.05) is 11.9 Å². The number of nitrogens with one attached hydrogen (secondary N) is 1. The third-order valence-electron chi connectivity index (χ3n) is 3.90. The minimum atomic E-state index is -3.04. The van der Waals surface area contributed by atoms with Crippen LogP contribution in [0.4, 0.5) is 14.5 Å². The van der Waals surface area contributed by atoms with E-state index in [1.54, 1.807) is 29.6 Å². The minimum absolute atomic E-state index is 0.0326. The van der Waals surface area contributed by atoms with Crippen LogP contribution < -0.4 is 10.1 Å². The van der Waals surface area contributed by atoms with Crippen LogP contribution in [0.1, 0.15) is 25.6 Å². The summed E-state index contributed by atoms with van der Waals surface area (Å²) in [6.07, 6.45) is 0. The van der Waals surface area contributed by atoms with Crippen molar-refractivity contribution < 1.29 is 32.6 Å². The van der Waals surface area contributed by atoms with Crippen LogP contribution in [-0.2, 0) is 9.53 Å². The smallest absolute Gasteiger partial charge is 0.387 e. The molecule has 6 nitrogen and oxygen atoms in total. The highest BCUT2D eigenvalue weighted by atomic mass is 35.5. The first kappa shape index (κ1) is 22.4. The first-order valence-corrected chi connectivity index (χ1v) is 9.99. The molecule has 1 aromatic heterocycles. The van der Waals surface area contributed by atoms with Crippen LogP contribution in [0.3, 0.4) is 0 Å². The molecule has 0 bridgehead atoms. The van der Waals surface area contributed by atoms with Crippen LogP contribution >= 0.6 is 22.9 Å². The number of alkyl halides is 2. The first-order chi connectivity index (χ1) is 14.8. The number of carbonyl (C=O) groups is 3. The average Bonchev–Trinajstić information content (AvgIpc) is 3.28. The van der Waals surface area contributed by atoms with Gasteiger partial charge in [0.25, 0.3) is 5.91 Å². The van der Waals surface area contributed by atoms with Crippen molar-refractivity contribution in [1.29, 1.82) is 0 Å². The molecule has 1 heterocycles. The van der Waals surface area contributed by atoms with Crippen molar-refractivity contribution in [1.82, 2.24) is 0 Å². The van der Waals surface area contributed by atoms with E-state index in [0.717, 1.165) is 0 Å². The van der Waals surface area contributed by atoms with E-state index in [1.165, 1.54) is 41.7 Å². The summed E-state index contributed by atoms with van der Waals surface area (Å²) in [6, 6.07) is 13.2. The Labute approximate surface area is 184 Å². The number of amides is 1. The summed E-state index contributed by atoms with van der Waals surface area (Å²) in [5.74, 6) is -2.09. The van der Waals surface area contributed by atoms with Crippen molar-refractivity contribution in [3.8, 4) is 5.75 Å². The van der Waals surface area contributed by atoms with Gasteiger partial charge >= 0.3 is 12.6 Å². The number of benzene rings is 2. The number of anilines is 1. The summed E-state index contributed by atoms with van der Waals surface area (Å²) < 4.78 is 33.8. The molecule has 3 rings (SSSR count). The fraction of sp³-hybridized carbons (Fsp3) is 0.0952. The lowest BCUT2D eigenvalue weighted by Gasteiger charge is -2.11. The quantitative estimate of drug-likeness (QED) is 0.373. The maximum Gasteiger partial charge on any atom is 0.387 e. The minimum Gasteiger partial charge on any atom is -0.452 e. The topological polar surface area (TPSA) is 81.7 Å². The van der Waals surface area contributed by atoms with Gasteiger partial charge in [0.2, 0.25) is 5.78 Å². The van der Waals surface area contributed by atoms with E-state index in [0.29, 0.717) is 4.88 Å². The SMILES string of the molecule is O=C(COC(=O)c1ccccc1C(=O)c1cccs1)Nc1ccc(OC(F)F)c(Cl)c1. The Morgan fingerprint density at radius 1 is 1.03 bits per heavy atom. The van der Waals surface area contributed by atoms with Crippen molar-refractivity contribution >= 4 is 46.3 Å². The Morgan fingerprint density at radius 3 is 2.42 bits per heavy atom. The number of thiophene rings is 1. The number of rotatable bonds is 8. The Bertz CT molecular complexity index is 1100. The lowest BCUT2D eigenvalue weighted by Crippen LogP contribution is -2.22. The van der Waals surface area contributed by atoms with E-state index in [2.05, 4.69) is 10.1 Å². The molecule has 0 atom stereocenters. The van der Waals surface area contributed by atoms with Crippen LogP contribution in [0.2, 0.25) is 5.02 Å². The molecular weight excluding hydrogens is 452 g/mol. The van der Waals surface area contributed by atoms with Gasteiger partial charge in [0.05, 0.1) is 15.5 Å². The van der Waals surface area contributed by atoms with Crippen molar-refractivity contribution in [2.24, 2.45) is 0 Å². The van der Waals surface area contributed by atoms with Crippen LogP contribution in [-0.4, -0.2) is 30.9 Å². The monoisotopic (exact) mass is 465 g/mol. The largest absolute Gasteiger partial charge is 0.452 e. The molecule has 31 heavy (non-hydrogen) atoms. The molecule has 0 saturated carbocycles. The Morgan fingerprint density at radius 2 is 1.77 bits per heavy atom. The summed E-state index contributed by atoms with van der Waals surface area (Å²) in [4.78, 5) is 37.6. The zero-order chi connectivity index (χ0) is 22.4. The highest BCUT2D eigenvalue weighted by Gasteiger charge is 2.20. The summed E-state index contributed by atoms with van der Waals surface area (Å²) >= 11 is 7.07. The molecule has 0 aliphatic carbocycles. The van der Waals surface area contributed by atoms with Gasteiger partial charge in [-0.05, 0) is 35.7 Å². The number of ketones is 1. The third kappa shape index (κ3) is 5.87. The van der Waals surface area contributed by atoms with Gasteiger partial charge < -0.3 is 14.8 Å². The summed E-state index contributed by atoms with van der Waals surface area (Å²) in [7, 11) is 0. The van der Waals surface area contributed by atoms with Crippen molar-refractivity contribution in [3.05, 3.63) is 81.0 Å². The van der Waals surface area contributed by atoms with Crippen LogP contribution in [0.5, 0.6) is 5.75 Å². The first-order valence-electron chi connectivity index (χ1n) is 8.73. The molecule has 0 aliphatic rings. The fourth-order valence-electron chi connectivity index (χ4n) is 2.58. The molecule has 0 spiro atoms. The second-order valence-corrected chi connectivity index (χ2v) is 7.35. The molecule has 0 radical (unpaired) electrons. The van der Waals surface area contributed by atoms with Crippen molar-refractivity contribution in [3.63, 3.8) is 0 Å². The predicted molar refractivity (Wildman–Crippen MR) is 111 cm³/mol. The van der Waals surface area contributed by atoms with Crippen LogP contribution in [0, 0.1) is 0 Å². The summed E-state index contributed by atoms with van der Waals surface area (Å²) in [6.45, 7) is -3.67. The standard InChI is InChI=1S/C21H14ClF2NO5S/c22-15-10-12(7-8-16(15)30-21(23)24)25-18(26)11-29-20(28)14-5-2-1-4-13(14)19(27)17-6-3-9-31-17/h1-10,21H,11H2,(H,25,26). The van der Waals surface area contributed by atoms with Gasteiger partial charge in [0.1, 0.15) is 5.75 Å². The molecule has 0 fully saturated rings. The number of ether oxygens (including phenoxy) is 2. The predicted octanol–water partition coefficient (Wildman–Crippen LogP) is 5.03. The summed E-state index contributed by atoms with van der Waals surface area (Å²) in [5.41, 5.74) is 0.392. The molecule has 2 aromatic carbocycles. The highest BCUT2D eigenvalue weighted by Crippen LogP contribution is 2.29. The molecule has 10 heteroatoms. The van der Waals surface area contributed by atoms with Gasteiger partial charge in [-0.1, -0.05) is 35.9 Å². The molecular formula is C21H14ClF2NO5S. The van der Waals surface area contributed by atoms with Gasteiger partial charge in [-0.25, -0.2) is 4.79 Å². The molecule has 0 aliphatic heterocycles. The zero-order valence-corrected chi connectivity index (χ0v) is 17.2. The Kier molecular flexibility index (Phi) is 7.32. The number of halogens is 3. The molecule has 0 unspecified atom stereocenters. The van der Waals surface area contributed by atoms with Gasteiger partial charge in [0, 0.05) is 11.3 Å². The summed E-state index contributed by atoms with van der Waals surface area (Å²) in [5, 5.41) is 4.04. The van der Waals surface area contributed by atoms with E-state index in [4.69, 9.17) is 16.3 Å². The van der Waals surface area contributed by atoms with E-state index in [-0.39, 0.29) is 33.4 Å². The van der Waals surface area contributed by atoms with Gasteiger partial charge in [-0.3, -0.25) is 9.59 Å². The van der Waals surface area contributed by atoms with Crippen LogP contribution in [0.25, 0.3) is 0 Å². The van der Waals surface area contributed by atoms with E-state index in [9.17, 15) is 23.2 Å². The maximum atomic E-state index is 12.6. The molecule has 160 valence electrons. The number of hydrogen-bond acceptors (Lipinski definition) is 6. The average molecular weight is 466 g/mol. The third-order valence-corrected chi connectivity index (χ3v) is 5.07. The lowest BCUT2D eigenvalue weighted by molar-refractivity contribution is -0.119. The fourth-order valence-corrected chi connectivity index (χ4v) is 3.48. The molecule has 0 saturated heterocycles. The number of carbonyl (C=O) groups excluding carboxylic acids is 3. The molecule has 1 amide bonds. The number of hydrogen-bond donors (Lipinski definition) is 1. The van der Waals surface area contributed by atoms with E-state index < -0.39 is 25.1 Å². The second kappa shape index (κ2) is 10.1.